The lowest BCUT2D eigenvalue weighted by Crippen LogP contribution is -2.20. The average Bonchev–Trinajstić information content (AvgIpc) is 2.72. The molecule has 1 heterocycles. The molecular formula is C12H12BrFN2O. The van der Waals surface area contributed by atoms with Crippen LogP contribution >= 0.6 is 15.9 Å². The van der Waals surface area contributed by atoms with Crippen LogP contribution in [0, 0.1) is 5.82 Å². The quantitative estimate of drug-likeness (QED) is 0.911. The first kappa shape index (κ1) is 12.1. The molecule has 1 unspecified atom stereocenters. The second-order valence-electron chi connectivity index (χ2n) is 3.58. The summed E-state index contributed by atoms with van der Waals surface area (Å²) in [5, 5.41) is 3.12. The molecule has 2 rings (SSSR count). The van der Waals surface area contributed by atoms with E-state index in [1.807, 2.05) is 0 Å². The summed E-state index contributed by atoms with van der Waals surface area (Å²) in [5.74, 6) is 0.418. The van der Waals surface area contributed by atoms with Gasteiger partial charge in [0.2, 0.25) is 0 Å². The van der Waals surface area contributed by atoms with Gasteiger partial charge in [0.15, 0.2) is 0 Å². The predicted octanol–water partition coefficient (Wildman–Crippen LogP) is 3.29. The van der Waals surface area contributed by atoms with Crippen LogP contribution in [0.15, 0.2) is 45.5 Å². The number of nitrogens with two attached hydrogens (primary N) is 1. The smallest absolute Gasteiger partial charge is 0.141 e. The van der Waals surface area contributed by atoms with Gasteiger partial charge < -0.3 is 15.5 Å². The number of halogens is 2. The zero-order valence-corrected chi connectivity index (χ0v) is 10.6. The molecule has 0 saturated heterocycles. The predicted molar refractivity (Wildman–Crippen MR) is 68.2 cm³/mol. The summed E-state index contributed by atoms with van der Waals surface area (Å²) in [6.45, 7) is 0.350. The zero-order chi connectivity index (χ0) is 12.3. The summed E-state index contributed by atoms with van der Waals surface area (Å²) < 4.78 is 19.2. The fourth-order valence-electron chi connectivity index (χ4n) is 1.57. The fourth-order valence-corrected chi connectivity index (χ4v) is 2.04. The highest BCUT2D eigenvalue weighted by molar-refractivity contribution is 9.10. The lowest BCUT2D eigenvalue weighted by Gasteiger charge is -2.16. The third-order valence-electron chi connectivity index (χ3n) is 2.36. The molecule has 1 atom stereocenters. The van der Waals surface area contributed by atoms with Gasteiger partial charge in [-0.05, 0) is 40.2 Å². The normalized spacial score (nSPS) is 12.4. The molecule has 0 aliphatic carbocycles. The van der Waals surface area contributed by atoms with Gasteiger partial charge in [-0.25, -0.2) is 4.39 Å². The van der Waals surface area contributed by atoms with Crippen LogP contribution in [0.2, 0.25) is 0 Å². The fraction of sp³-hybridized carbons (Fsp3) is 0.167. The summed E-state index contributed by atoms with van der Waals surface area (Å²) in [6.07, 6.45) is 1.58. The minimum Gasteiger partial charge on any atom is -0.466 e. The van der Waals surface area contributed by atoms with E-state index in [9.17, 15) is 4.39 Å². The van der Waals surface area contributed by atoms with Crippen molar-refractivity contribution < 1.29 is 8.81 Å². The van der Waals surface area contributed by atoms with E-state index in [0.29, 0.717) is 18.0 Å². The van der Waals surface area contributed by atoms with E-state index in [1.54, 1.807) is 24.5 Å². The summed E-state index contributed by atoms with van der Waals surface area (Å²) >= 11 is 3.37. The highest BCUT2D eigenvalue weighted by Crippen LogP contribution is 2.27. The molecule has 0 radical (unpaired) electrons. The van der Waals surface area contributed by atoms with Gasteiger partial charge in [0, 0.05) is 12.2 Å². The van der Waals surface area contributed by atoms with E-state index in [-0.39, 0.29) is 11.9 Å². The van der Waals surface area contributed by atoms with E-state index in [4.69, 9.17) is 10.2 Å². The van der Waals surface area contributed by atoms with Crippen LogP contribution in [0.3, 0.4) is 0 Å². The molecule has 0 spiro atoms. The van der Waals surface area contributed by atoms with Crippen molar-refractivity contribution in [2.75, 3.05) is 11.9 Å². The maximum Gasteiger partial charge on any atom is 0.141 e. The molecule has 0 aliphatic rings. The average molecular weight is 299 g/mol. The lowest BCUT2D eigenvalue weighted by molar-refractivity contribution is 0.479. The van der Waals surface area contributed by atoms with Gasteiger partial charge in [0.25, 0.3) is 0 Å². The number of rotatable bonds is 4. The van der Waals surface area contributed by atoms with Crippen LogP contribution in [0.4, 0.5) is 10.1 Å². The van der Waals surface area contributed by atoms with Crippen LogP contribution in [0.25, 0.3) is 0 Å². The van der Waals surface area contributed by atoms with Crippen molar-refractivity contribution >= 4 is 21.6 Å². The molecule has 1 aromatic carbocycles. The Morgan fingerprint density at radius 1 is 1.41 bits per heavy atom. The van der Waals surface area contributed by atoms with Gasteiger partial charge in [-0.2, -0.15) is 0 Å². The Labute approximate surface area is 107 Å². The van der Waals surface area contributed by atoms with Crippen molar-refractivity contribution in [1.29, 1.82) is 0 Å². The minimum absolute atomic E-state index is 0.193. The Morgan fingerprint density at radius 3 is 2.82 bits per heavy atom. The number of furan rings is 1. The number of nitrogens with one attached hydrogen (secondary N) is 1. The van der Waals surface area contributed by atoms with Crippen molar-refractivity contribution in [3.05, 3.63) is 52.6 Å². The molecular weight excluding hydrogens is 287 g/mol. The molecule has 0 amide bonds. The van der Waals surface area contributed by atoms with Crippen molar-refractivity contribution in [2.45, 2.75) is 6.04 Å². The van der Waals surface area contributed by atoms with Gasteiger partial charge in [-0.1, -0.05) is 6.07 Å². The molecule has 3 nitrogen and oxygen atoms in total. The van der Waals surface area contributed by atoms with Crippen LogP contribution in [-0.2, 0) is 0 Å². The van der Waals surface area contributed by atoms with Gasteiger partial charge in [-0.15, -0.1) is 0 Å². The largest absolute Gasteiger partial charge is 0.466 e. The molecule has 0 fully saturated rings. The Bertz CT molecular complexity index is 501. The van der Waals surface area contributed by atoms with E-state index < -0.39 is 0 Å². The Morgan fingerprint density at radius 2 is 2.24 bits per heavy atom. The molecule has 0 saturated carbocycles. The van der Waals surface area contributed by atoms with Gasteiger partial charge in [0.05, 0.1) is 16.8 Å². The summed E-state index contributed by atoms with van der Waals surface area (Å²) in [6, 6.07) is 7.84. The highest BCUT2D eigenvalue weighted by atomic mass is 79.9. The zero-order valence-electron chi connectivity index (χ0n) is 8.99. The maximum atomic E-state index is 13.0. The molecule has 90 valence electrons. The number of hydrogen-bond acceptors (Lipinski definition) is 3. The van der Waals surface area contributed by atoms with E-state index in [1.165, 1.54) is 12.1 Å². The first-order valence-electron chi connectivity index (χ1n) is 5.16. The standard InChI is InChI=1S/C12H12BrFN2O/c13-10-4-5-17-12(10)11(7-15)16-9-3-1-2-8(14)6-9/h1-6,11,16H,7,15H2. The summed E-state index contributed by atoms with van der Waals surface area (Å²) in [5.41, 5.74) is 6.35. The second kappa shape index (κ2) is 5.33. The topological polar surface area (TPSA) is 51.2 Å². The van der Waals surface area contributed by atoms with Gasteiger partial charge in [-0.3, -0.25) is 0 Å². The molecule has 0 aliphatic heterocycles. The molecule has 1 aromatic heterocycles. The third kappa shape index (κ3) is 2.87. The molecule has 17 heavy (non-hydrogen) atoms. The summed E-state index contributed by atoms with van der Waals surface area (Å²) in [4.78, 5) is 0. The molecule has 5 heteroatoms. The lowest BCUT2D eigenvalue weighted by atomic mass is 10.2. The Kier molecular flexibility index (Phi) is 3.81. The minimum atomic E-state index is -0.288. The van der Waals surface area contributed by atoms with Crippen LogP contribution in [-0.4, -0.2) is 6.54 Å². The van der Waals surface area contributed by atoms with Gasteiger partial charge >= 0.3 is 0 Å². The monoisotopic (exact) mass is 298 g/mol. The maximum absolute atomic E-state index is 13.0. The van der Waals surface area contributed by atoms with E-state index in [2.05, 4.69) is 21.2 Å². The number of benzene rings is 1. The number of anilines is 1. The van der Waals surface area contributed by atoms with Crippen molar-refractivity contribution in [3.8, 4) is 0 Å². The Hall–Kier alpha value is -1.33. The van der Waals surface area contributed by atoms with E-state index in [0.717, 1.165) is 4.47 Å². The number of hydrogen-bond donors (Lipinski definition) is 2. The third-order valence-corrected chi connectivity index (χ3v) is 3.02. The summed E-state index contributed by atoms with van der Waals surface area (Å²) in [7, 11) is 0. The first-order valence-corrected chi connectivity index (χ1v) is 5.95. The van der Waals surface area contributed by atoms with Crippen LogP contribution in [0.5, 0.6) is 0 Å². The Balaban J connectivity index is 2.19. The van der Waals surface area contributed by atoms with Crippen molar-refractivity contribution in [3.63, 3.8) is 0 Å². The second-order valence-corrected chi connectivity index (χ2v) is 4.43. The van der Waals surface area contributed by atoms with Crippen LogP contribution < -0.4 is 11.1 Å². The molecule has 2 aromatic rings. The van der Waals surface area contributed by atoms with Crippen molar-refractivity contribution in [1.82, 2.24) is 0 Å². The highest BCUT2D eigenvalue weighted by Gasteiger charge is 2.16. The van der Waals surface area contributed by atoms with Crippen LogP contribution in [0.1, 0.15) is 11.8 Å². The first-order chi connectivity index (χ1) is 8.20. The SMILES string of the molecule is NCC(Nc1cccc(F)c1)c1occc1Br. The van der Waals surface area contributed by atoms with Crippen molar-refractivity contribution in [2.24, 2.45) is 5.73 Å². The van der Waals surface area contributed by atoms with Gasteiger partial charge in [0.1, 0.15) is 11.6 Å². The molecule has 3 N–H and O–H groups in total. The molecule has 0 bridgehead atoms. The van der Waals surface area contributed by atoms with E-state index >= 15 is 0 Å².